The molecule has 0 aliphatic rings. The average Bonchev–Trinajstić information content (AvgIpc) is 3.39. The molecule has 38 heavy (non-hydrogen) atoms. The number of furan rings is 1. The SMILES string of the molecule is c1ccc(-c2cccc(C(c3ccccc3)(c3ccccc3)c3cccc4c3oc3ccccc34)n2)cc1. The fourth-order valence-corrected chi connectivity index (χ4v) is 5.74. The number of hydrogen-bond donors (Lipinski definition) is 0. The van der Waals surface area contributed by atoms with Crippen molar-refractivity contribution in [2.45, 2.75) is 5.41 Å². The second-order valence-corrected chi connectivity index (χ2v) is 9.54. The molecule has 0 fully saturated rings. The van der Waals surface area contributed by atoms with Gasteiger partial charge in [0, 0.05) is 21.9 Å². The number of pyridine rings is 1. The maximum absolute atomic E-state index is 6.64. The second-order valence-electron chi connectivity index (χ2n) is 9.54. The molecular weight excluding hydrogens is 462 g/mol. The molecule has 0 N–H and O–H groups in total. The molecule has 2 heterocycles. The van der Waals surface area contributed by atoms with Gasteiger partial charge in [0.05, 0.1) is 16.8 Å². The first-order valence-electron chi connectivity index (χ1n) is 12.9. The molecule has 2 aromatic heterocycles. The number of fused-ring (bicyclic) bond motifs is 3. The first kappa shape index (κ1) is 22.3. The van der Waals surface area contributed by atoms with E-state index in [0.29, 0.717) is 0 Å². The smallest absolute Gasteiger partial charge is 0.140 e. The number of aromatic nitrogens is 1. The van der Waals surface area contributed by atoms with E-state index in [1.54, 1.807) is 0 Å². The lowest BCUT2D eigenvalue weighted by Crippen LogP contribution is -2.32. The highest BCUT2D eigenvalue weighted by Gasteiger charge is 2.42. The summed E-state index contributed by atoms with van der Waals surface area (Å²) in [6, 6.07) is 52.8. The van der Waals surface area contributed by atoms with Crippen molar-refractivity contribution in [2.24, 2.45) is 0 Å². The topological polar surface area (TPSA) is 26.0 Å². The van der Waals surface area contributed by atoms with Crippen LogP contribution in [0.1, 0.15) is 22.4 Å². The van der Waals surface area contributed by atoms with Gasteiger partial charge < -0.3 is 4.42 Å². The van der Waals surface area contributed by atoms with E-state index in [1.165, 1.54) is 0 Å². The van der Waals surface area contributed by atoms with Crippen LogP contribution in [0, 0.1) is 0 Å². The molecule has 0 bridgehead atoms. The van der Waals surface area contributed by atoms with Crippen LogP contribution in [0.3, 0.4) is 0 Å². The van der Waals surface area contributed by atoms with Gasteiger partial charge in [-0.3, -0.25) is 4.98 Å². The minimum absolute atomic E-state index is 0.708. The molecule has 0 saturated carbocycles. The summed E-state index contributed by atoms with van der Waals surface area (Å²) >= 11 is 0. The average molecular weight is 488 g/mol. The van der Waals surface area contributed by atoms with E-state index < -0.39 is 5.41 Å². The zero-order valence-electron chi connectivity index (χ0n) is 20.8. The molecule has 0 spiro atoms. The molecule has 0 saturated heterocycles. The summed E-state index contributed by atoms with van der Waals surface area (Å²) < 4.78 is 6.64. The third kappa shape index (κ3) is 3.46. The van der Waals surface area contributed by atoms with Gasteiger partial charge in [-0.15, -0.1) is 0 Å². The molecule has 2 heteroatoms. The summed E-state index contributed by atoms with van der Waals surface area (Å²) in [7, 11) is 0. The number of nitrogens with zero attached hydrogens (tertiary/aromatic N) is 1. The maximum Gasteiger partial charge on any atom is 0.140 e. The molecule has 7 rings (SSSR count). The highest BCUT2D eigenvalue weighted by molar-refractivity contribution is 6.06. The minimum atomic E-state index is -0.708. The Balaban J connectivity index is 1.64. The number of para-hydroxylation sites is 2. The number of rotatable bonds is 5. The van der Waals surface area contributed by atoms with Gasteiger partial charge in [0.1, 0.15) is 11.2 Å². The molecule has 0 unspecified atom stereocenters. The summed E-state index contributed by atoms with van der Waals surface area (Å²) in [5.41, 5.74) is 7.38. The normalized spacial score (nSPS) is 11.7. The Morgan fingerprint density at radius 3 is 1.76 bits per heavy atom. The molecule has 5 aromatic carbocycles. The van der Waals surface area contributed by atoms with E-state index in [-0.39, 0.29) is 0 Å². The van der Waals surface area contributed by atoms with Crippen molar-refractivity contribution in [3.63, 3.8) is 0 Å². The summed E-state index contributed by atoms with van der Waals surface area (Å²) in [5, 5.41) is 2.22. The van der Waals surface area contributed by atoms with E-state index in [9.17, 15) is 0 Å². The molecule has 0 amide bonds. The van der Waals surface area contributed by atoms with Crippen LogP contribution in [0.2, 0.25) is 0 Å². The van der Waals surface area contributed by atoms with Gasteiger partial charge in [0.2, 0.25) is 0 Å². The zero-order valence-corrected chi connectivity index (χ0v) is 20.8. The van der Waals surface area contributed by atoms with Crippen LogP contribution in [0.4, 0.5) is 0 Å². The summed E-state index contributed by atoms with van der Waals surface area (Å²) in [4.78, 5) is 5.36. The molecule has 0 radical (unpaired) electrons. The van der Waals surface area contributed by atoms with Crippen molar-refractivity contribution in [2.75, 3.05) is 0 Å². The fourth-order valence-electron chi connectivity index (χ4n) is 5.74. The monoisotopic (exact) mass is 487 g/mol. The van der Waals surface area contributed by atoms with Gasteiger partial charge in [0.15, 0.2) is 0 Å². The largest absolute Gasteiger partial charge is 0.456 e. The summed E-state index contributed by atoms with van der Waals surface area (Å²) in [5.74, 6) is 0. The van der Waals surface area contributed by atoms with E-state index in [4.69, 9.17) is 9.40 Å². The summed E-state index contributed by atoms with van der Waals surface area (Å²) in [6.45, 7) is 0. The third-order valence-electron chi connectivity index (χ3n) is 7.42. The third-order valence-corrected chi connectivity index (χ3v) is 7.42. The van der Waals surface area contributed by atoms with Gasteiger partial charge in [-0.1, -0.05) is 133 Å². The second kappa shape index (κ2) is 9.17. The summed E-state index contributed by atoms with van der Waals surface area (Å²) in [6.07, 6.45) is 0. The highest BCUT2D eigenvalue weighted by Crippen LogP contribution is 2.48. The predicted molar refractivity (Wildman–Crippen MR) is 155 cm³/mol. The van der Waals surface area contributed by atoms with E-state index in [0.717, 1.165) is 55.6 Å². The number of hydrogen-bond acceptors (Lipinski definition) is 2. The first-order chi connectivity index (χ1) is 18.9. The Morgan fingerprint density at radius 2 is 1.05 bits per heavy atom. The van der Waals surface area contributed by atoms with E-state index in [1.807, 2.05) is 18.2 Å². The van der Waals surface area contributed by atoms with Gasteiger partial charge in [-0.05, 0) is 29.3 Å². The van der Waals surface area contributed by atoms with Gasteiger partial charge >= 0.3 is 0 Å². The van der Waals surface area contributed by atoms with Crippen molar-refractivity contribution in [3.8, 4) is 11.3 Å². The van der Waals surface area contributed by atoms with Crippen LogP contribution in [0.25, 0.3) is 33.2 Å². The van der Waals surface area contributed by atoms with Crippen LogP contribution in [0.5, 0.6) is 0 Å². The lowest BCUT2D eigenvalue weighted by molar-refractivity contribution is 0.639. The van der Waals surface area contributed by atoms with E-state index >= 15 is 0 Å². The van der Waals surface area contributed by atoms with Gasteiger partial charge in [-0.25, -0.2) is 0 Å². The Labute approximate surface area is 221 Å². The zero-order chi connectivity index (χ0) is 25.4. The van der Waals surface area contributed by atoms with E-state index in [2.05, 4.69) is 133 Å². The first-order valence-corrected chi connectivity index (χ1v) is 12.9. The molecule has 0 aliphatic carbocycles. The number of benzene rings is 5. The molecule has 2 nitrogen and oxygen atoms in total. The van der Waals surface area contributed by atoms with Crippen molar-refractivity contribution < 1.29 is 4.42 Å². The quantitative estimate of drug-likeness (QED) is 0.226. The maximum atomic E-state index is 6.64. The lowest BCUT2D eigenvalue weighted by atomic mass is 9.66. The van der Waals surface area contributed by atoms with Crippen LogP contribution in [-0.2, 0) is 5.41 Å². The van der Waals surface area contributed by atoms with Crippen LogP contribution in [-0.4, -0.2) is 4.98 Å². The fraction of sp³-hybridized carbons (Fsp3) is 0.0278. The minimum Gasteiger partial charge on any atom is -0.456 e. The Morgan fingerprint density at radius 1 is 0.474 bits per heavy atom. The van der Waals surface area contributed by atoms with Crippen LogP contribution < -0.4 is 0 Å². The van der Waals surface area contributed by atoms with Gasteiger partial charge in [-0.2, -0.15) is 0 Å². The van der Waals surface area contributed by atoms with Crippen molar-refractivity contribution in [1.29, 1.82) is 0 Å². The van der Waals surface area contributed by atoms with Crippen molar-refractivity contribution >= 4 is 21.9 Å². The predicted octanol–water partition coefficient (Wildman–Crippen LogP) is 9.03. The molecule has 0 atom stereocenters. The molecule has 7 aromatic rings. The molecule has 0 aliphatic heterocycles. The Hall–Kier alpha value is -4.95. The lowest BCUT2D eigenvalue weighted by Gasteiger charge is -2.35. The Bertz CT molecular complexity index is 1810. The Kier molecular flexibility index (Phi) is 5.37. The van der Waals surface area contributed by atoms with Crippen molar-refractivity contribution in [3.05, 3.63) is 174 Å². The molecular formula is C36H25NO. The van der Waals surface area contributed by atoms with Crippen LogP contribution in [0.15, 0.2) is 156 Å². The van der Waals surface area contributed by atoms with Crippen LogP contribution >= 0.6 is 0 Å². The molecule has 180 valence electrons. The van der Waals surface area contributed by atoms with Gasteiger partial charge in [0.25, 0.3) is 0 Å². The van der Waals surface area contributed by atoms with Crippen molar-refractivity contribution in [1.82, 2.24) is 4.98 Å². The standard InChI is InChI=1S/C36H25NO/c1-4-14-26(15-5-1)32-23-13-25-34(37-32)36(27-16-6-2-7-17-27,28-18-8-3-9-19-28)31-22-12-21-30-29-20-10-11-24-33(29)38-35(30)31/h1-25H. The highest BCUT2D eigenvalue weighted by atomic mass is 16.3.